The second kappa shape index (κ2) is 17.4. The number of unbranched alkanes of at least 4 members (excludes halogenated alkanes) is 2. The van der Waals surface area contributed by atoms with Gasteiger partial charge in [0.1, 0.15) is 0 Å². The summed E-state index contributed by atoms with van der Waals surface area (Å²) in [6, 6.07) is 24.6. The molecular weight excluding hydrogens is 582 g/mol. The highest BCUT2D eigenvalue weighted by Gasteiger charge is 2.33. The second-order valence-corrected chi connectivity index (χ2v) is 12.2. The fourth-order valence-electron chi connectivity index (χ4n) is 5.94. The number of nitrogens with one attached hydrogen (secondary N) is 2. The standard InChI is InChI=1S/C37H47N3O6/c1-27(42)38-17-4-2-3-8-36(43)39-24-29-6-5-7-33(22-29)30-13-15-32(16-14-30)37-45-34(25-40-18-20-44-21-19-40)23-35(46-37)31-11-9-28(26-41)10-12-31/h5-7,9-16,22,34-35,37,41H,2-4,8,17-21,23-26H2,1H3,(H,38,42)(H,39,43). The molecule has 2 aliphatic heterocycles. The molecule has 5 rings (SSSR count). The molecule has 9 nitrogen and oxygen atoms in total. The van der Waals surface area contributed by atoms with Gasteiger partial charge < -0.3 is 30.0 Å². The number of rotatable bonds is 14. The van der Waals surface area contributed by atoms with Crippen molar-refractivity contribution in [1.82, 2.24) is 15.5 Å². The van der Waals surface area contributed by atoms with Gasteiger partial charge in [0.25, 0.3) is 0 Å². The van der Waals surface area contributed by atoms with Crippen molar-refractivity contribution >= 4 is 11.8 Å². The monoisotopic (exact) mass is 629 g/mol. The van der Waals surface area contributed by atoms with E-state index >= 15 is 0 Å². The van der Waals surface area contributed by atoms with Gasteiger partial charge in [0.05, 0.1) is 32.0 Å². The lowest BCUT2D eigenvalue weighted by Crippen LogP contribution is -2.44. The quantitative estimate of drug-likeness (QED) is 0.215. The van der Waals surface area contributed by atoms with Crippen molar-refractivity contribution in [2.75, 3.05) is 39.4 Å². The predicted octanol–water partition coefficient (Wildman–Crippen LogP) is 5.04. The van der Waals surface area contributed by atoms with Gasteiger partial charge in [-0.1, -0.05) is 73.2 Å². The number of carbonyl (C=O) groups is 2. The van der Waals surface area contributed by atoms with Crippen LogP contribution in [0.15, 0.2) is 72.8 Å². The molecule has 3 atom stereocenters. The highest BCUT2D eigenvalue weighted by molar-refractivity contribution is 5.76. The van der Waals surface area contributed by atoms with Crippen LogP contribution in [0.2, 0.25) is 0 Å². The molecule has 2 amide bonds. The molecule has 2 heterocycles. The van der Waals surface area contributed by atoms with E-state index < -0.39 is 6.29 Å². The van der Waals surface area contributed by atoms with Crippen LogP contribution in [0, 0.1) is 0 Å². The van der Waals surface area contributed by atoms with Crippen molar-refractivity contribution in [1.29, 1.82) is 0 Å². The van der Waals surface area contributed by atoms with Gasteiger partial charge in [-0.3, -0.25) is 14.5 Å². The van der Waals surface area contributed by atoms with Crippen molar-refractivity contribution in [2.24, 2.45) is 0 Å². The Bertz CT molecular complexity index is 1390. The molecule has 2 fully saturated rings. The van der Waals surface area contributed by atoms with Crippen molar-refractivity contribution in [3.05, 3.63) is 95.1 Å². The van der Waals surface area contributed by atoms with Gasteiger partial charge in [-0.2, -0.15) is 0 Å². The minimum atomic E-state index is -0.497. The Labute approximate surface area is 272 Å². The summed E-state index contributed by atoms with van der Waals surface area (Å²) >= 11 is 0. The van der Waals surface area contributed by atoms with Gasteiger partial charge in [0, 0.05) is 58.1 Å². The summed E-state index contributed by atoms with van der Waals surface area (Å²) in [5.41, 5.74) is 6.13. The Morgan fingerprint density at radius 1 is 0.848 bits per heavy atom. The molecule has 3 aromatic carbocycles. The van der Waals surface area contributed by atoms with Crippen LogP contribution in [0.5, 0.6) is 0 Å². The van der Waals surface area contributed by atoms with E-state index in [1.807, 2.05) is 36.4 Å². The normalized spacial score (nSPS) is 20.3. The van der Waals surface area contributed by atoms with Crippen LogP contribution in [0.3, 0.4) is 0 Å². The summed E-state index contributed by atoms with van der Waals surface area (Å²) < 4.78 is 18.6. The maximum absolute atomic E-state index is 12.4. The Kier molecular flexibility index (Phi) is 12.7. The summed E-state index contributed by atoms with van der Waals surface area (Å²) in [6.45, 7) is 6.79. The molecule has 9 heteroatoms. The van der Waals surface area contributed by atoms with Gasteiger partial charge in [-0.25, -0.2) is 0 Å². The number of nitrogens with zero attached hydrogens (tertiary/aromatic N) is 1. The van der Waals surface area contributed by atoms with E-state index in [-0.39, 0.29) is 30.6 Å². The summed E-state index contributed by atoms with van der Waals surface area (Å²) in [7, 11) is 0. The number of aliphatic hydroxyl groups excluding tert-OH is 1. The van der Waals surface area contributed by atoms with E-state index in [9.17, 15) is 14.7 Å². The second-order valence-electron chi connectivity index (χ2n) is 12.2. The molecule has 246 valence electrons. The van der Waals surface area contributed by atoms with E-state index in [1.165, 1.54) is 6.92 Å². The number of benzene rings is 3. The third-order valence-electron chi connectivity index (χ3n) is 8.57. The van der Waals surface area contributed by atoms with Crippen LogP contribution in [-0.4, -0.2) is 67.3 Å². The Morgan fingerprint density at radius 2 is 1.61 bits per heavy atom. The van der Waals surface area contributed by atoms with E-state index in [4.69, 9.17) is 14.2 Å². The van der Waals surface area contributed by atoms with E-state index in [0.717, 1.165) is 91.9 Å². The molecule has 2 aliphatic rings. The first-order chi connectivity index (χ1) is 22.5. The average molecular weight is 630 g/mol. The average Bonchev–Trinajstić information content (AvgIpc) is 3.09. The van der Waals surface area contributed by atoms with Gasteiger partial charge in [-0.15, -0.1) is 0 Å². The van der Waals surface area contributed by atoms with Gasteiger partial charge in [0.2, 0.25) is 11.8 Å². The zero-order chi connectivity index (χ0) is 32.1. The molecule has 0 aromatic heterocycles. The van der Waals surface area contributed by atoms with E-state index in [1.54, 1.807) is 0 Å². The SMILES string of the molecule is CC(=O)NCCCCCC(=O)NCc1cccc(-c2ccc(C3OC(CN4CCOCC4)CC(c4ccc(CO)cc4)O3)cc2)c1. The van der Waals surface area contributed by atoms with Gasteiger partial charge >= 0.3 is 0 Å². The molecule has 0 spiro atoms. The zero-order valence-corrected chi connectivity index (χ0v) is 26.8. The summed E-state index contributed by atoms with van der Waals surface area (Å²) in [4.78, 5) is 25.7. The predicted molar refractivity (Wildman–Crippen MR) is 177 cm³/mol. The van der Waals surface area contributed by atoms with Crippen LogP contribution in [0.1, 0.15) is 73.7 Å². The van der Waals surface area contributed by atoms with Crippen LogP contribution in [0.4, 0.5) is 0 Å². The van der Waals surface area contributed by atoms with Gasteiger partial charge in [-0.05, 0) is 46.7 Å². The smallest absolute Gasteiger partial charge is 0.220 e. The van der Waals surface area contributed by atoms with Crippen molar-refractivity contribution in [3.8, 4) is 11.1 Å². The minimum absolute atomic E-state index is 0.00896. The Balaban J connectivity index is 1.19. The molecule has 2 saturated heterocycles. The molecule has 0 aliphatic carbocycles. The molecule has 46 heavy (non-hydrogen) atoms. The first-order valence-electron chi connectivity index (χ1n) is 16.5. The highest BCUT2D eigenvalue weighted by atomic mass is 16.7. The molecule has 3 N–H and O–H groups in total. The third kappa shape index (κ3) is 10.2. The molecule has 3 unspecified atom stereocenters. The van der Waals surface area contributed by atoms with E-state index in [0.29, 0.717) is 19.5 Å². The number of amides is 2. The fraction of sp³-hybridized carbons (Fsp3) is 0.459. The highest BCUT2D eigenvalue weighted by Crippen LogP contribution is 2.38. The lowest BCUT2D eigenvalue weighted by atomic mass is 9.99. The third-order valence-corrected chi connectivity index (χ3v) is 8.57. The first kappa shape index (κ1) is 33.8. The minimum Gasteiger partial charge on any atom is -0.392 e. The lowest BCUT2D eigenvalue weighted by molar-refractivity contribution is -0.253. The lowest BCUT2D eigenvalue weighted by Gasteiger charge is -2.39. The summed E-state index contributed by atoms with van der Waals surface area (Å²) in [5, 5.41) is 15.3. The number of morpholine rings is 1. The van der Waals surface area contributed by atoms with Crippen LogP contribution in [0.25, 0.3) is 11.1 Å². The van der Waals surface area contributed by atoms with Crippen LogP contribution < -0.4 is 10.6 Å². The maximum atomic E-state index is 12.4. The fourth-order valence-corrected chi connectivity index (χ4v) is 5.94. The number of aliphatic hydroxyl groups is 1. The van der Waals surface area contributed by atoms with Crippen molar-refractivity contribution in [3.63, 3.8) is 0 Å². The largest absolute Gasteiger partial charge is 0.392 e. The number of hydrogen-bond acceptors (Lipinski definition) is 7. The molecular formula is C37H47N3O6. The van der Waals surface area contributed by atoms with Crippen LogP contribution >= 0.6 is 0 Å². The van der Waals surface area contributed by atoms with Gasteiger partial charge in [0.15, 0.2) is 6.29 Å². The summed E-state index contributed by atoms with van der Waals surface area (Å²) in [5.74, 6) is 0.0173. The van der Waals surface area contributed by atoms with E-state index in [2.05, 4.69) is 51.9 Å². The Morgan fingerprint density at radius 3 is 2.35 bits per heavy atom. The molecule has 3 aromatic rings. The summed E-state index contributed by atoms with van der Waals surface area (Å²) in [6.07, 6.45) is 3.22. The number of ether oxygens (including phenoxy) is 3. The Hall–Kier alpha value is -3.60. The van der Waals surface area contributed by atoms with Crippen molar-refractivity contribution < 1.29 is 28.9 Å². The molecule has 0 bridgehead atoms. The van der Waals surface area contributed by atoms with Crippen molar-refractivity contribution in [2.45, 2.75) is 70.7 Å². The molecule has 0 saturated carbocycles. The first-order valence-corrected chi connectivity index (χ1v) is 16.5. The molecule has 0 radical (unpaired) electrons. The van der Waals surface area contributed by atoms with Crippen LogP contribution in [-0.2, 0) is 37.0 Å². The number of hydrogen-bond donors (Lipinski definition) is 3. The maximum Gasteiger partial charge on any atom is 0.220 e. The topological polar surface area (TPSA) is 109 Å². The number of carbonyl (C=O) groups excluding carboxylic acids is 2. The zero-order valence-electron chi connectivity index (χ0n) is 26.8.